The maximum Gasteiger partial charge on any atom is 0.142 e. The van der Waals surface area contributed by atoms with Gasteiger partial charge in [-0.05, 0) is 30.7 Å². The van der Waals surface area contributed by atoms with E-state index in [9.17, 15) is 5.11 Å². The molecule has 5 heteroatoms. The number of halogens is 2. The first-order valence-electron chi connectivity index (χ1n) is 5.27. The van der Waals surface area contributed by atoms with Gasteiger partial charge in [-0.25, -0.2) is 4.98 Å². The second kappa shape index (κ2) is 5.33. The Morgan fingerprint density at radius 2 is 1.94 bits per heavy atom. The summed E-state index contributed by atoms with van der Waals surface area (Å²) in [7, 11) is 0. The molecule has 2 aromatic rings. The summed E-state index contributed by atoms with van der Waals surface area (Å²) in [5.41, 5.74) is 0.812. The van der Waals surface area contributed by atoms with E-state index in [1.165, 1.54) is 0 Å². The minimum Gasteiger partial charge on any atom is -0.380 e. The molecule has 0 radical (unpaired) electrons. The Bertz CT molecular complexity index is 505. The highest BCUT2D eigenvalue weighted by molar-refractivity contribution is 9.11. The number of benzene rings is 1. The first-order valence-corrected chi connectivity index (χ1v) is 6.85. The van der Waals surface area contributed by atoms with Gasteiger partial charge < -0.3 is 9.67 Å². The molecule has 0 bridgehead atoms. The highest BCUT2D eigenvalue weighted by Gasteiger charge is 2.16. The molecule has 0 fully saturated rings. The molecule has 0 saturated carbocycles. The molecule has 0 aliphatic carbocycles. The molecule has 0 aliphatic rings. The molecule has 3 nitrogen and oxygen atoms in total. The van der Waals surface area contributed by atoms with E-state index in [1.807, 2.05) is 35.9 Å². The van der Waals surface area contributed by atoms with Crippen LogP contribution >= 0.6 is 31.9 Å². The molecule has 1 atom stereocenters. The zero-order chi connectivity index (χ0) is 12.4. The molecular formula is C12H12Br2N2O. The van der Waals surface area contributed by atoms with E-state index in [2.05, 4.69) is 36.8 Å². The molecule has 0 aliphatic heterocycles. The van der Waals surface area contributed by atoms with Crippen molar-refractivity contribution in [1.82, 2.24) is 9.55 Å². The van der Waals surface area contributed by atoms with Gasteiger partial charge in [0.1, 0.15) is 11.9 Å². The van der Waals surface area contributed by atoms with E-state index in [1.54, 1.807) is 6.20 Å². The van der Waals surface area contributed by atoms with Crippen LogP contribution in [-0.2, 0) is 6.54 Å². The molecule has 1 aromatic heterocycles. The van der Waals surface area contributed by atoms with Crippen molar-refractivity contribution in [2.75, 3.05) is 0 Å². The molecule has 0 spiro atoms. The lowest BCUT2D eigenvalue weighted by Gasteiger charge is -2.13. The molecular weight excluding hydrogens is 348 g/mol. The van der Waals surface area contributed by atoms with Crippen molar-refractivity contribution in [2.45, 2.75) is 19.6 Å². The fraction of sp³-hybridized carbons (Fsp3) is 0.250. The number of aliphatic hydroxyl groups is 1. The van der Waals surface area contributed by atoms with Gasteiger partial charge in [-0.3, -0.25) is 0 Å². The van der Waals surface area contributed by atoms with Crippen molar-refractivity contribution in [3.05, 3.63) is 50.9 Å². The van der Waals surface area contributed by atoms with Gasteiger partial charge in [0.25, 0.3) is 0 Å². The Morgan fingerprint density at radius 1 is 1.29 bits per heavy atom. The minimum atomic E-state index is -0.709. The number of imidazole rings is 1. The number of hydrogen-bond donors (Lipinski definition) is 1. The van der Waals surface area contributed by atoms with Crippen molar-refractivity contribution in [3.8, 4) is 0 Å². The Morgan fingerprint density at radius 3 is 2.53 bits per heavy atom. The lowest BCUT2D eigenvalue weighted by atomic mass is 10.1. The van der Waals surface area contributed by atoms with Gasteiger partial charge in [-0.15, -0.1) is 0 Å². The van der Waals surface area contributed by atoms with Crippen LogP contribution in [0.3, 0.4) is 0 Å². The average molecular weight is 360 g/mol. The first kappa shape index (κ1) is 12.8. The monoisotopic (exact) mass is 358 g/mol. The Balaban J connectivity index is 2.39. The Hall–Kier alpha value is -0.650. The molecule has 17 heavy (non-hydrogen) atoms. The first-order chi connectivity index (χ1) is 8.11. The third-order valence-electron chi connectivity index (χ3n) is 2.53. The fourth-order valence-corrected chi connectivity index (χ4v) is 3.05. The summed E-state index contributed by atoms with van der Waals surface area (Å²) in [6, 6.07) is 5.72. The summed E-state index contributed by atoms with van der Waals surface area (Å²) in [5.74, 6) is 0.664. The Labute approximate surface area is 117 Å². The fourth-order valence-electron chi connectivity index (χ4n) is 1.72. The number of nitrogens with zero attached hydrogens (tertiary/aromatic N) is 2. The van der Waals surface area contributed by atoms with Gasteiger partial charge in [0.05, 0.1) is 0 Å². The van der Waals surface area contributed by atoms with Crippen LogP contribution in [0.5, 0.6) is 0 Å². The Kier molecular flexibility index (Phi) is 4.01. The van der Waals surface area contributed by atoms with Crippen molar-refractivity contribution in [2.24, 2.45) is 0 Å². The molecule has 1 heterocycles. The van der Waals surface area contributed by atoms with Gasteiger partial charge in [0, 0.05) is 27.9 Å². The summed E-state index contributed by atoms with van der Waals surface area (Å²) in [6.07, 6.45) is 2.86. The van der Waals surface area contributed by atoms with Gasteiger partial charge in [-0.1, -0.05) is 31.9 Å². The number of rotatable bonds is 3. The predicted octanol–water partition coefficient (Wildman–Crippen LogP) is 3.51. The van der Waals surface area contributed by atoms with Gasteiger partial charge >= 0.3 is 0 Å². The number of aryl methyl sites for hydroxylation is 1. The van der Waals surface area contributed by atoms with Crippen LogP contribution in [0.15, 0.2) is 39.5 Å². The SMILES string of the molecule is CCn1ccnc1C(O)c1cc(Br)cc(Br)c1. The number of aliphatic hydroxyl groups excluding tert-OH is 1. The summed E-state index contributed by atoms with van der Waals surface area (Å²) in [6.45, 7) is 2.82. The summed E-state index contributed by atoms with van der Waals surface area (Å²) in [5, 5.41) is 10.3. The number of hydrogen-bond acceptors (Lipinski definition) is 2. The van der Waals surface area contributed by atoms with Gasteiger partial charge in [-0.2, -0.15) is 0 Å². The average Bonchev–Trinajstić information content (AvgIpc) is 2.74. The van der Waals surface area contributed by atoms with E-state index >= 15 is 0 Å². The van der Waals surface area contributed by atoms with E-state index in [4.69, 9.17) is 0 Å². The lowest BCUT2D eigenvalue weighted by molar-refractivity contribution is 0.204. The topological polar surface area (TPSA) is 38.0 Å². The van der Waals surface area contributed by atoms with Crippen LogP contribution in [0.2, 0.25) is 0 Å². The second-order valence-electron chi connectivity index (χ2n) is 3.68. The molecule has 2 rings (SSSR count). The van der Waals surface area contributed by atoms with E-state index in [0.717, 1.165) is 21.1 Å². The van der Waals surface area contributed by atoms with E-state index < -0.39 is 6.10 Å². The molecule has 90 valence electrons. The maximum atomic E-state index is 10.3. The van der Waals surface area contributed by atoms with Crippen LogP contribution in [0, 0.1) is 0 Å². The molecule has 1 unspecified atom stereocenters. The standard InChI is InChI=1S/C12H12Br2N2O/c1-2-16-4-3-15-12(16)11(17)8-5-9(13)7-10(14)6-8/h3-7,11,17H,2H2,1H3. The molecule has 1 N–H and O–H groups in total. The minimum absolute atomic E-state index is 0.664. The molecule has 0 amide bonds. The lowest BCUT2D eigenvalue weighted by Crippen LogP contribution is -2.08. The highest BCUT2D eigenvalue weighted by Crippen LogP contribution is 2.27. The predicted molar refractivity (Wildman–Crippen MR) is 73.8 cm³/mol. The van der Waals surface area contributed by atoms with Crippen LogP contribution < -0.4 is 0 Å². The van der Waals surface area contributed by atoms with Crippen molar-refractivity contribution in [3.63, 3.8) is 0 Å². The smallest absolute Gasteiger partial charge is 0.142 e. The van der Waals surface area contributed by atoms with Crippen molar-refractivity contribution >= 4 is 31.9 Å². The van der Waals surface area contributed by atoms with Crippen LogP contribution in [0.25, 0.3) is 0 Å². The van der Waals surface area contributed by atoms with Gasteiger partial charge in [0.15, 0.2) is 0 Å². The van der Waals surface area contributed by atoms with E-state index in [-0.39, 0.29) is 0 Å². The third-order valence-corrected chi connectivity index (χ3v) is 3.45. The van der Waals surface area contributed by atoms with Crippen LogP contribution in [0.1, 0.15) is 24.4 Å². The summed E-state index contributed by atoms with van der Waals surface area (Å²) >= 11 is 6.82. The zero-order valence-corrected chi connectivity index (χ0v) is 12.4. The van der Waals surface area contributed by atoms with Crippen LogP contribution in [-0.4, -0.2) is 14.7 Å². The van der Waals surface area contributed by atoms with E-state index in [0.29, 0.717) is 5.82 Å². The maximum absolute atomic E-state index is 10.3. The molecule has 0 saturated heterocycles. The van der Waals surface area contributed by atoms with Crippen molar-refractivity contribution < 1.29 is 5.11 Å². The van der Waals surface area contributed by atoms with Crippen LogP contribution in [0.4, 0.5) is 0 Å². The number of aromatic nitrogens is 2. The molecule has 1 aromatic carbocycles. The normalized spacial score (nSPS) is 12.7. The summed E-state index contributed by atoms with van der Waals surface area (Å²) in [4.78, 5) is 4.21. The summed E-state index contributed by atoms with van der Waals surface area (Å²) < 4.78 is 3.78. The largest absolute Gasteiger partial charge is 0.380 e. The highest BCUT2D eigenvalue weighted by atomic mass is 79.9. The van der Waals surface area contributed by atoms with Crippen molar-refractivity contribution in [1.29, 1.82) is 0 Å². The van der Waals surface area contributed by atoms with Gasteiger partial charge in [0.2, 0.25) is 0 Å². The quantitative estimate of drug-likeness (QED) is 0.910. The zero-order valence-electron chi connectivity index (χ0n) is 9.27. The third kappa shape index (κ3) is 2.78. The second-order valence-corrected chi connectivity index (χ2v) is 5.51.